The highest BCUT2D eigenvalue weighted by Gasteiger charge is 2.36. The van der Waals surface area contributed by atoms with Crippen LogP contribution in [0, 0.1) is 5.82 Å². The molecule has 1 fully saturated rings. The maximum atomic E-state index is 14.0. The first-order valence-corrected chi connectivity index (χ1v) is 13.1. The lowest BCUT2D eigenvalue weighted by molar-refractivity contribution is -0.118. The fourth-order valence-electron chi connectivity index (χ4n) is 5.03. The highest BCUT2D eigenvalue weighted by atomic mass is 19.1. The third kappa shape index (κ3) is 6.15. The second-order valence-corrected chi connectivity index (χ2v) is 9.73. The lowest BCUT2D eigenvalue weighted by atomic mass is 10.1. The van der Waals surface area contributed by atoms with Crippen molar-refractivity contribution in [2.75, 3.05) is 45.2 Å². The summed E-state index contributed by atoms with van der Waals surface area (Å²) in [5, 5.41) is 8.47. The SMILES string of the molecule is COc1cc2c(NC3=C[N+](CC(N)=O)(c4cccc(F)c4)N=C3)ncnc2cc1OCCCN1CCCCC1. The monoisotopic (exact) mass is 534 g/mol. The number of carbonyl (C=O) groups excluding carboxylic acids is 1. The third-order valence-electron chi connectivity index (χ3n) is 6.92. The van der Waals surface area contributed by atoms with Crippen LogP contribution in [0.4, 0.5) is 15.9 Å². The second kappa shape index (κ2) is 11.7. The van der Waals surface area contributed by atoms with Gasteiger partial charge in [-0.2, -0.15) is 0 Å². The van der Waals surface area contributed by atoms with E-state index in [0.29, 0.717) is 40.8 Å². The molecule has 2 aliphatic rings. The zero-order chi connectivity index (χ0) is 27.2. The summed E-state index contributed by atoms with van der Waals surface area (Å²) >= 11 is 0. The van der Waals surface area contributed by atoms with E-state index in [-0.39, 0.29) is 11.1 Å². The molecule has 3 heterocycles. The molecule has 1 atom stereocenters. The molecule has 3 N–H and O–H groups in total. The van der Waals surface area contributed by atoms with Crippen LogP contribution in [0.5, 0.6) is 11.5 Å². The molecule has 2 aliphatic heterocycles. The van der Waals surface area contributed by atoms with Crippen LogP contribution in [0.1, 0.15) is 25.7 Å². The molecule has 0 radical (unpaired) electrons. The van der Waals surface area contributed by atoms with Crippen molar-refractivity contribution in [1.82, 2.24) is 19.5 Å². The molecular formula is C28H33FN7O3+. The number of anilines is 1. The third-order valence-corrected chi connectivity index (χ3v) is 6.92. The van der Waals surface area contributed by atoms with Gasteiger partial charge in [-0.05, 0) is 44.5 Å². The van der Waals surface area contributed by atoms with Crippen molar-refractivity contribution in [3.63, 3.8) is 0 Å². The predicted octanol–water partition coefficient (Wildman–Crippen LogP) is 3.78. The normalized spacial score (nSPS) is 19.2. The second-order valence-electron chi connectivity index (χ2n) is 9.73. The van der Waals surface area contributed by atoms with Crippen molar-refractivity contribution < 1.29 is 18.7 Å². The minimum absolute atomic E-state index is 0.165. The van der Waals surface area contributed by atoms with E-state index in [0.717, 1.165) is 31.4 Å². The van der Waals surface area contributed by atoms with Gasteiger partial charge < -0.3 is 25.4 Å². The number of primary amides is 1. The Morgan fingerprint density at radius 2 is 2.00 bits per heavy atom. The Morgan fingerprint density at radius 3 is 2.77 bits per heavy atom. The Bertz CT molecular complexity index is 1410. The van der Waals surface area contributed by atoms with E-state index in [1.165, 1.54) is 37.7 Å². The van der Waals surface area contributed by atoms with E-state index in [1.807, 2.05) is 12.1 Å². The summed E-state index contributed by atoms with van der Waals surface area (Å²) in [4.78, 5) is 23.2. The fourth-order valence-corrected chi connectivity index (χ4v) is 5.03. The average molecular weight is 535 g/mol. The zero-order valence-corrected chi connectivity index (χ0v) is 22.0. The van der Waals surface area contributed by atoms with Crippen molar-refractivity contribution in [2.24, 2.45) is 10.8 Å². The molecule has 2 aromatic carbocycles. The highest BCUT2D eigenvalue weighted by Crippen LogP contribution is 2.35. The standard InChI is InChI=1S/C28H32FN7O3/c1-38-25-14-23-24(15-26(25)39-12-6-11-35-9-3-2-4-10-35)31-19-32-28(23)34-21-16-33-36(17-21,18-27(30)37)22-8-5-7-20(29)13-22/h5,7-8,13-17,19H,2-4,6,9-12,18H2,1H3,(H2-,30,31,32,34,37)/p+1. The molecule has 1 amide bonds. The Balaban J connectivity index is 1.35. The number of amides is 1. The van der Waals surface area contributed by atoms with Crippen LogP contribution in [0.2, 0.25) is 0 Å². The molecule has 0 spiro atoms. The molecule has 1 unspecified atom stereocenters. The summed E-state index contributed by atoms with van der Waals surface area (Å²) < 4.78 is 25.4. The first-order valence-electron chi connectivity index (χ1n) is 13.1. The number of ether oxygens (including phenoxy) is 2. The summed E-state index contributed by atoms with van der Waals surface area (Å²) in [6.45, 7) is 3.77. The van der Waals surface area contributed by atoms with Gasteiger partial charge in [0, 0.05) is 30.1 Å². The van der Waals surface area contributed by atoms with Gasteiger partial charge in [-0.1, -0.05) is 17.6 Å². The Hall–Kier alpha value is -4.09. The molecule has 1 saturated heterocycles. The number of nitrogens with two attached hydrogens (primary N) is 1. The molecule has 0 saturated carbocycles. The van der Waals surface area contributed by atoms with Crippen molar-refractivity contribution >= 4 is 34.5 Å². The summed E-state index contributed by atoms with van der Waals surface area (Å²) in [7, 11) is 1.60. The van der Waals surface area contributed by atoms with E-state index in [1.54, 1.807) is 31.7 Å². The lowest BCUT2D eigenvalue weighted by Crippen LogP contribution is -2.44. The molecule has 39 heavy (non-hydrogen) atoms. The lowest BCUT2D eigenvalue weighted by Gasteiger charge is -2.26. The van der Waals surface area contributed by atoms with Gasteiger partial charge in [0.05, 0.1) is 19.2 Å². The van der Waals surface area contributed by atoms with Gasteiger partial charge in [-0.25, -0.2) is 14.4 Å². The number of quaternary nitrogens is 1. The highest BCUT2D eigenvalue weighted by molar-refractivity contribution is 5.96. The predicted molar refractivity (Wildman–Crippen MR) is 149 cm³/mol. The molecule has 3 aromatic rings. The van der Waals surface area contributed by atoms with Crippen molar-refractivity contribution in [3.05, 3.63) is 60.4 Å². The Morgan fingerprint density at radius 1 is 1.15 bits per heavy atom. The van der Waals surface area contributed by atoms with Crippen molar-refractivity contribution in [2.45, 2.75) is 25.7 Å². The molecule has 204 valence electrons. The van der Waals surface area contributed by atoms with Crippen LogP contribution in [0.15, 0.2) is 59.7 Å². The number of rotatable bonds is 11. The molecule has 11 heteroatoms. The first kappa shape index (κ1) is 26.5. The van der Waals surface area contributed by atoms with E-state index < -0.39 is 11.7 Å². The van der Waals surface area contributed by atoms with Crippen LogP contribution in [-0.4, -0.2) is 66.9 Å². The molecule has 5 rings (SSSR count). The van der Waals surface area contributed by atoms with Crippen LogP contribution in [-0.2, 0) is 4.79 Å². The van der Waals surface area contributed by atoms with Gasteiger partial charge in [0.1, 0.15) is 29.9 Å². The number of piperidine rings is 1. The molecule has 10 nitrogen and oxygen atoms in total. The summed E-state index contributed by atoms with van der Waals surface area (Å²) in [5.41, 5.74) is 7.23. The molecule has 0 bridgehead atoms. The maximum absolute atomic E-state index is 14.0. The van der Waals surface area contributed by atoms with Gasteiger partial charge in [0.15, 0.2) is 29.9 Å². The topological polar surface area (TPSA) is 115 Å². The van der Waals surface area contributed by atoms with Gasteiger partial charge in [0.2, 0.25) is 0 Å². The van der Waals surface area contributed by atoms with Crippen molar-refractivity contribution in [1.29, 1.82) is 0 Å². The van der Waals surface area contributed by atoms with E-state index in [4.69, 9.17) is 15.2 Å². The van der Waals surface area contributed by atoms with Crippen molar-refractivity contribution in [3.8, 4) is 11.5 Å². The summed E-state index contributed by atoms with van der Waals surface area (Å²) in [5.74, 6) is 0.711. The van der Waals surface area contributed by atoms with Gasteiger partial charge in [-0.3, -0.25) is 4.79 Å². The first-order chi connectivity index (χ1) is 19.0. The number of carbonyl (C=O) groups is 1. The number of fused-ring (bicyclic) bond motifs is 1. The van der Waals surface area contributed by atoms with Crippen LogP contribution in [0.3, 0.4) is 0 Å². The smallest absolute Gasteiger partial charge is 0.276 e. The zero-order valence-electron chi connectivity index (χ0n) is 22.0. The van der Waals surface area contributed by atoms with Gasteiger partial charge >= 0.3 is 0 Å². The molecular weight excluding hydrogens is 501 g/mol. The van der Waals surface area contributed by atoms with E-state index in [2.05, 4.69) is 25.3 Å². The maximum Gasteiger partial charge on any atom is 0.276 e. The largest absolute Gasteiger partial charge is 0.493 e. The number of likely N-dealkylation sites (tertiary alicyclic amines) is 1. The summed E-state index contributed by atoms with van der Waals surface area (Å²) in [6.07, 6.45) is 9.53. The quantitative estimate of drug-likeness (QED) is 0.284. The number of halogens is 1. The Labute approximate surface area is 226 Å². The van der Waals surface area contributed by atoms with Gasteiger partial charge in [-0.15, -0.1) is 4.59 Å². The fraction of sp³-hybridized carbons (Fsp3) is 0.357. The number of hydrogen-bond donors (Lipinski definition) is 2. The molecule has 0 aliphatic carbocycles. The Kier molecular flexibility index (Phi) is 7.99. The van der Waals surface area contributed by atoms with Crippen LogP contribution >= 0.6 is 0 Å². The van der Waals surface area contributed by atoms with Crippen LogP contribution < -0.4 is 25.1 Å². The number of aromatic nitrogens is 2. The summed E-state index contributed by atoms with van der Waals surface area (Å²) in [6, 6.07) is 9.61. The minimum Gasteiger partial charge on any atom is -0.493 e. The van der Waals surface area contributed by atoms with E-state index >= 15 is 0 Å². The number of allylic oxidation sites excluding steroid dienone is 1. The number of benzene rings is 2. The van der Waals surface area contributed by atoms with Crippen LogP contribution in [0.25, 0.3) is 10.9 Å². The number of methoxy groups -OCH3 is 1. The van der Waals surface area contributed by atoms with Gasteiger partial charge in [0.25, 0.3) is 5.91 Å². The molecule has 1 aromatic heterocycles. The average Bonchev–Trinajstić information content (AvgIpc) is 3.34. The minimum atomic E-state index is -0.574. The number of hydrogen-bond acceptors (Lipinski definition) is 8. The van der Waals surface area contributed by atoms with E-state index in [9.17, 15) is 9.18 Å². The number of nitrogens with zero attached hydrogens (tertiary/aromatic N) is 5. The number of nitrogens with one attached hydrogen (secondary N) is 1.